The summed E-state index contributed by atoms with van der Waals surface area (Å²) in [6.45, 7) is 11.3. The van der Waals surface area contributed by atoms with E-state index in [2.05, 4.69) is 16.0 Å². The standard InChI is InChI=1S/C21H30N4O3S/c1-6-22-20(27)23-16-10-8-15(9-11-16)18-17(19(26)28-12-13(3)4)14(5)25(7-2)21(29)24-18/h8-11,13,18H,6-7,12H2,1-5H3,(H,24,29)(H2,22,23,27). The Kier molecular flexibility index (Phi) is 8.01. The van der Waals surface area contributed by atoms with Crippen molar-refractivity contribution in [3.05, 3.63) is 41.1 Å². The van der Waals surface area contributed by atoms with Crippen LogP contribution in [0.3, 0.4) is 0 Å². The van der Waals surface area contributed by atoms with Crippen LogP contribution in [0.4, 0.5) is 10.5 Å². The average Bonchev–Trinajstić information content (AvgIpc) is 2.66. The van der Waals surface area contributed by atoms with Gasteiger partial charge in [-0.15, -0.1) is 0 Å². The Morgan fingerprint density at radius 2 is 1.90 bits per heavy atom. The fourth-order valence-corrected chi connectivity index (χ4v) is 3.48. The minimum Gasteiger partial charge on any atom is -0.462 e. The van der Waals surface area contributed by atoms with E-state index in [1.807, 2.05) is 51.7 Å². The SMILES string of the molecule is CCNC(=O)Nc1ccc(C2NC(=S)N(CC)C(C)=C2C(=O)OCC(C)C)cc1. The lowest BCUT2D eigenvalue weighted by molar-refractivity contribution is -0.140. The lowest BCUT2D eigenvalue weighted by atomic mass is 9.95. The number of anilines is 1. The van der Waals surface area contributed by atoms with E-state index in [0.29, 0.717) is 36.1 Å². The average molecular weight is 419 g/mol. The molecule has 0 fully saturated rings. The molecule has 8 heteroatoms. The Labute approximate surface area is 177 Å². The molecule has 158 valence electrons. The van der Waals surface area contributed by atoms with Gasteiger partial charge in [-0.25, -0.2) is 9.59 Å². The maximum Gasteiger partial charge on any atom is 0.338 e. The van der Waals surface area contributed by atoms with Crippen molar-refractivity contribution in [1.29, 1.82) is 0 Å². The first-order chi connectivity index (χ1) is 13.8. The molecule has 2 amide bonds. The number of thiocarbonyl (C=S) groups is 1. The van der Waals surface area contributed by atoms with Crippen LogP contribution >= 0.6 is 12.2 Å². The molecule has 7 nitrogen and oxygen atoms in total. The Morgan fingerprint density at radius 1 is 1.24 bits per heavy atom. The van der Waals surface area contributed by atoms with Gasteiger partial charge in [0.05, 0.1) is 18.2 Å². The minimum absolute atomic E-state index is 0.248. The second kappa shape index (κ2) is 10.2. The molecule has 0 saturated heterocycles. The van der Waals surface area contributed by atoms with Gasteiger partial charge in [-0.2, -0.15) is 0 Å². The fourth-order valence-electron chi connectivity index (χ4n) is 3.09. The molecule has 0 aliphatic carbocycles. The van der Waals surface area contributed by atoms with Gasteiger partial charge in [0.15, 0.2) is 5.11 Å². The van der Waals surface area contributed by atoms with Crippen molar-refractivity contribution in [2.24, 2.45) is 5.92 Å². The third-order valence-corrected chi connectivity index (χ3v) is 4.86. The molecular formula is C21H30N4O3S. The predicted octanol–water partition coefficient (Wildman–Crippen LogP) is 3.55. The molecule has 1 aromatic rings. The first-order valence-electron chi connectivity index (χ1n) is 9.89. The van der Waals surface area contributed by atoms with Crippen LogP contribution in [-0.2, 0) is 9.53 Å². The smallest absolute Gasteiger partial charge is 0.338 e. The summed E-state index contributed by atoms with van der Waals surface area (Å²) >= 11 is 5.50. The number of allylic oxidation sites excluding steroid dienone is 1. The number of nitrogens with one attached hydrogen (secondary N) is 3. The molecule has 1 atom stereocenters. The Hall–Kier alpha value is -2.61. The molecule has 0 spiro atoms. The number of hydrogen-bond donors (Lipinski definition) is 3. The number of nitrogens with zero attached hydrogens (tertiary/aromatic N) is 1. The van der Waals surface area contributed by atoms with E-state index < -0.39 is 6.04 Å². The van der Waals surface area contributed by atoms with Crippen molar-refractivity contribution in [3.8, 4) is 0 Å². The minimum atomic E-state index is -0.413. The van der Waals surface area contributed by atoms with Crippen LogP contribution in [0.1, 0.15) is 46.2 Å². The highest BCUT2D eigenvalue weighted by Crippen LogP contribution is 2.32. The third kappa shape index (κ3) is 5.69. The number of carbonyl (C=O) groups is 2. The molecule has 1 aliphatic rings. The summed E-state index contributed by atoms with van der Waals surface area (Å²) in [5.41, 5.74) is 2.86. The molecule has 3 N–H and O–H groups in total. The second-order valence-electron chi connectivity index (χ2n) is 7.22. The van der Waals surface area contributed by atoms with E-state index >= 15 is 0 Å². The quantitative estimate of drug-likeness (QED) is 0.464. The van der Waals surface area contributed by atoms with E-state index in [9.17, 15) is 9.59 Å². The number of rotatable bonds is 7. The summed E-state index contributed by atoms with van der Waals surface area (Å²) in [7, 11) is 0. The number of hydrogen-bond acceptors (Lipinski definition) is 4. The van der Waals surface area contributed by atoms with Crippen molar-refractivity contribution in [2.75, 3.05) is 25.0 Å². The van der Waals surface area contributed by atoms with Crippen molar-refractivity contribution in [2.45, 2.75) is 40.7 Å². The van der Waals surface area contributed by atoms with Crippen molar-refractivity contribution >= 4 is 35.0 Å². The van der Waals surface area contributed by atoms with Crippen LogP contribution in [0.5, 0.6) is 0 Å². The van der Waals surface area contributed by atoms with Crippen LogP contribution in [0, 0.1) is 5.92 Å². The summed E-state index contributed by atoms with van der Waals surface area (Å²) < 4.78 is 5.52. The van der Waals surface area contributed by atoms with Gasteiger partial charge in [-0.3, -0.25) is 0 Å². The first-order valence-corrected chi connectivity index (χ1v) is 10.3. The van der Waals surface area contributed by atoms with Crippen LogP contribution in [-0.4, -0.2) is 41.7 Å². The molecule has 0 aromatic heterocycles. The monoisotopic (exact) mass is 418 g/mol. The number of amides is 2. The maximum atomic E-state index is 12.9. The summed E-state index contributed by atoms with van der Waals surface area (Å²) in [5, 5.41) is 9.28. The lowest BCUT2D eigenvalue weighted by Crippen LogP contribution is -2.47. The number of urea groups is 1. The van der Waals surface area contributed by atoms with Gasteiger partial charge in [0, 0.05) is 24.5 Å². The summed E-state index contributed by atoms with van der Waals surface area (Å²) in [5.74, 6) is -0.1000. The lowest BCUT2D eigenvalue weighted by Gasteiger charge is -2.37. The number of benzene rings is 1. The Bertz CT molecular complexity index is 790. The zero-order valence-corrected chi connectivity index (χ0v) is 18.5. The van der Waals surface area contributed by atoms with Crippen LogP contribution in [0.15, 0.2) is 35.5 Å². The first kappa shape index (κ1) is 22.7. The van der Waals surface area contributed by atoms with E-state index in [-0.39, 0.29) is 17.9 Å². The molecule has 1 unspecified atom stereocenters. The number of esters is 1. The largest absolute Gasteiger partial charge is 0.462 e. The zero-order valence-electron chi connectivity index (χ0n) is 17.7. The number of ether oxygens (including phenoxy) is 1. The normalized spacial score (nSPS) is 16.6. The van der Waals surface area contributed by atoms with Crippen LogP contribution in [0.2, 0.25) is 0 Å². The van der Waals surface area contributed by atoms with E-state index in [1.165, 1.54) is 0 Å². The third-order valence-electron chi connectivity index (χ3n) is 4.52. The second-order valence-corrected chi connectivity index (χ2v) is 7.61. The van der Waals surface area contributed by atoms with Crippen molar-refractivity contribution in [1.82, 2.24) is 15.5 Å². The summed E-state index contributed by atoms with van der Waals surface area (Å²) in [6, 6.07) is 6.66. The van der Waals surface area contributed by atoms with Gasteiger partial charge in [0.2, 0.25) is 0 Å². The predicted molar refractivity (Wildman–Crippen MR) is 118 cm³/mol. The Morgan fingerprint density at radius 3 is 2.45 bits per heavy atom. The summed E-state index contributed by atoms with van der Waals surface area (Å²) in [4.78, 5) is 26.5. The molecular weight excluding hydrogens is 388 g/mol. The summed E-state index contributed by atoms with van der Waals surface area (Å²) in [6.07, 6.45) is 0. The Balaban J connectivity index is 2.32. The van der Waals surface area contributed by atoms with Gasteiger partial charge in [0.25, 0.3) is 0 Å². The van der Waals surface area contributed by atoms with Crippen LogP contribution < -0.4 is 16.0 Å². The van der Waals surface area contributed by atoms with Gasteiger partial charge in [-0.1, -0.05) is 26.0 Å². The van der Waals surface area contributed by atoms with Gasteiger partial charge in [-0.05, 0) is 56.6 Å². The van der Waals surface area contributed by atoms with Crippen molar-refractivity contribution < 1.29 is 14.3 Å². The molecule has 1 heterocycles. The highest BCUT2D eigenvalue weighted by Gasteiger charge is 2.34. The van der Waals surface area contributed by atoms with Gasteiger partial charge >= 0.3 is 12.0 Å². The topological polar surface area (TPSA) is 82.7 Å². The van der Waals surface area contributed by atoms with Crippen LogP contribution in [0.25, 0.3) is 0 Å². The molecule has 0 radical (unpaired) electrons. The molecule has 2 rings (SSSR count). The highest BCUT2D eigenvalue weighted by molar-refractivity contribution is 7.80. The van der Waals surface area contributed by atoms with E-state index in [4.69, 9.17) is 17.0 Å². The van der Waals surface area contributed by atoms with Crippen molar-refractivity contribution in [3.63, 3.8) is 0 Å². The highest BCUT2D eigenvalue weighted by atomic mass is 32.1. The molecule has 1 aliphatic heterocycles. The molecule has 29 heavy (non-hydrogen) atoms. The zero-order chi connectivity index (χ0) is 21.6. The van der Waals surface area contributed by atoms with E-state index in [1.54, 1.807) is 12.1 Å². The maximum absolute atomic E-state index is 12.9. The molecule has 0 bridgehead atoms. The van der Waals surface area contributed by atoms with E-state index in [0.717, 1.165) is 11.3 Å². The van der Waals surface area contributed by atoms with Gasteiger partial charge in [0.1, 0.15) is 0 Å². The fraction of sp³-hybridized carbons (Fsp3) is 0.476. The number of carbonyl (C=O) groups excluding carboxylic acids is 2. The van der Waals surface area contributed by atoms with Gasteiger partial charge < -0.3 is 25.6 Å². The molecule has 1 aromatic carbocycles. The molecule has 0 saturated carbocycles.